The van der Waals surface area contributed by atoms with Gasteiger partial charge in [0, 0.05) is 24.1 Å². The standard InChI is InChI=1S/C25H31N3O3/c1-16(20(29)15-24(2,3)4)22(30)25(26)23(31)28(5)19-14-10-9-13-18(19)21(27-25)17-11-7-6-8-12-17/h6-14,16,20,29H,15,26H2,1-5H3/t16-,20+,25?/m1/s1. The van der Waals surface area contributed by atoms with Crippen molar-refractivity contribution < 1.29 is 14.7 Å². The number of aliphatic imine (C=N–C) groups is 1. The highest BCUT2D eigenvalue weighted by Crippen LogP contribution is 2.32. The summed E-state index contributed by atoms with van der Waals surface area (Å²) in [6.07, 6.45) is -0.540. The van der Waals surface area contributed by atoms with Crippen molar-refractivity contribution in [1.29, 1.82) is 0 Å². The average molecular weight is 422 g/mol. The van der Waals surface area contributed by atoms with E-state index in [1.54, 1.807) is 20.0 Å². The third-order valence-corrected chi connectivity index (χ3v) is 5.67. The Morgan fingerprint density at radius 3 is 2.32 bits per heavy atom. The molecule has 2 aromatic rings. The number of anilines is 1. The van der Waals surface area contributed by atoms with Gasteiger partial charge in [0.2, 0.25) is 5.66 Å². The molecule has 1 unspecified atom stereocenters. The molecule has 0 fully saturated rings. The molecular weight excluding hydrogens is 390 g/mol. The lowest BCUT2D eigenvalue weighted by Gasteiger charge is -2.32. The Kier molecular flexibility index (Phi) is 6.16. The van der Waals surface area contributed by atoms with Crippen LogP contribution in [0.15, 0.2) is 59.6 Å². The second-order valence-corrected chi connectivity index (χ2v) is 9.46. The molecule has 6 nitrogen and oxygen atoms in total. The lowest BCUT2D eigenvalue weighted by Crippen LogP contribution is -2.61. The maximum atomic E-state index is 13.5. The first-order chi connectivity index (χ1) is 14.5. The molecule has 0 bridgehead atoms. The van der Waals surface area contributed by atoms with E-state index in [9.17, 15) is 14.7 Å². The zero-order chi connectivity index (χ0) is 23.0. The van der Waals surface area contributed by atoms with Crippen LogP contribution in [0.1, 0.15) is 45.2 Å². The summed E-state index contributed by atoms with van der Waals surface area (Å²) >= 11 is 0. The van der Waals surface area contributed by atoms with Crippen molar-refractivity contribution >= 4 is 23.1 Å². The lowest BCUT2D eigenvalue weighted by atomic mass is 9.81. The van der Waals surface area contributed by atoms with E-state index < -0.39 is 29.4 Å². The van der Waals surface area contributed by atoms with Gasteiger partial charge in [-0.05, 0) is 17.9 Å². The van der Waals surface area contributed by atoms with Crippen molar-refractivity contribution in [3.63, 3.8) is 0 Å². The summed E-state index contributed by atoms with van der Waals surface area (Å²) in [5.74, 6) is -2.07. The van der Waals surface area contributed by atoms with E-state index in [1.165, 1.54) is 4.90 Å². The number of aliphatic hydroxyl groups is 1. The second kappa shape index (κ2) is 8.36. The summed E-state index contributed by atoms with van der Waals surface area (Å²) in [6.45, 7) is 7.56. The van der Waals surface area contributed by atoms with Crippen molar-refractivity contribution in [1.82, 2.24) is 0 Å². The maximum absolute atomic E-state index is 13.5. The van der Waals surface area contributed by atoms with Crippen LogP contribution in [0.5, 0.6) is 0 Å². The number of carbonyl (C=O) groups is 2. The van der Waals surface area contributed by atoms with Gasteiger partial charge in [-0.2, -0.15) is 0 Å². The van der Waals surface area contributed by atoms with Crippen LogP contribution < -0.4 is 10.6 Å². The van der Waals surface area contributed by atoms with Crippen molar-refractivity contribution in [2.45, 2.75) is 45.9 Å². The van der Waals surface area contributed by atoms with Gasteiger partial charge in [-0.1, -0.05) is 76.2 Å². The Bertz CT molecular complexity index is 1010. The van der Waals surface area contributed by atoms with E-state index >= 15 is 0 Å². The summed E-state index contributed by atoms with van der Waals surface area (Å²) in [5, 5.41) is 10.7. The molecule has 3 N–H and O–H groups in total. The molecular formula is C25H31N3O3. The minimum atomic E-state index is -2.14. The summed E-state index contributed by atoms with van der Waals surface area (Å²) in [5.41, 5.74) is 6.75. The monoisotopic (exact) mass is 421 g/mol. The number of nitrogens with zero attached hydrogens (tertiary/aromatic N) is 2. The largest absolute Gasteiger partial charge is 0.392 e. The van der Waals surface area contributed by atoms with Gasteiger partial charge in [0.15, 0.2) is 5.78 Å². The molecule has 0 spiro atoms. The number of hydrogen-bond donors (Lipinski definition) is 2. The number of benzodiazepines with no additional fused rings is 1. The molecule has 0 radical (unpaired) electrons. The summed E-state index contributed by atoms with van der Waals surface area (Å²) in [6, 6.07) is 16.7. The zero-order valence-electron chi connectivity index (χ0n) is 18.8. The molecule has 0 saturated heterocycles. The molecule has 3 rings (SSSR count). The highest BCUT2D eigenvalue weighted by atomic mass is 16.3. The van der Waals surface area contributed by atoms with E-state index in [1.807, 2.05) is 69.3 Å². The summed E-state index contributed by atoms with van der Waals surface area (Å²) in [4.78, 5) is 33.0. The highest BCUT2D eigenvalue weighted by Gasteiger charge is 2.49. The number of Topliss-reactive ketones (excluding diaryl/α,β-unsaturated/α-hetero) is 1. The van der Waals surface area contributed by atoms with Gasteiger partial charge in [-0.3, -0.25) is 15.3 Å². The van der Waals surface area contributed by atoms with Gasteiger partial charge in [0.25, 0.3) is 5.91 Å². The van der Waals surface area contributed by atoms with Gasteiger partial charge >= 0.3 is 0 Å². The topological polar surface area (TPSA) is 96.0 Å². The van der Waals surface area contributed by atoms with Crippen LogP contribution in [-0.4, -0.2) is 41.3 Å². The van der Waals surface area contributed by atoms with E-state index in [0.717, 1.165) is 5.56 Å². The van der Waals surface area contributed by atoms with Gasteiger partial charge in [0.05, 0.1) is 17.5 Å². The number of amides is 1. The number of nitrogens with two attached hydrogens (primary N) is 1. The van der Waals surface area contributed by atoms with E-state index in [2.05, 4.69) is 4.99 Å². The molecule has 0 aliphatic carbocycles. The first kappa shape index (κ1) is 22.8. The van der Waals surface area contributed by atoms with Crippen LogP contribution in [-0.2, 0) is 9.59 Å². The fraction of sp³-hybridized carbons (Fsp3) is 0.400. The molecule has 0 saturated carbocycles. The lowest BCUT2D eigenvalue weighted by molar-refractivity contribution is -0.138. The van der Waals surface area contributed by atoms with Crippen LogP contribution in [0.2, 0.25) is 0 Å². The number of benzene rings is 2. The van der Waals surface area contributed by atoms with Crippen LogP contribution in [0.3, 0.4) is 0 Å². The third kappa shape index (κ3) is 4.45. The number of likely N-dealkylation sites (N-methyl/N-ethyl adjacent to an activating group) is 1. The van der Waals surface area contributed by atoms with E-state index in [4.69, 9.17) is 5.73 Å². The Morgan fingerprint density at radius 2 is 1.71 bits per heavy atom. The van der Waals surface area contributed by atoms with Crippen LogP contribution in [0.4, 0.5) is 5.69 Å². The fourth-order valence-electron chi connectivity index (χ4n) is 3.92. The Hall–Kier alpha value is -2.83. The quantitative estimate of drug-likeness (QED) is 0.725. The van der Waals surface area contributed by atoms with Crippen LogP contribution in [0.25, 0.3) is 0 Å². The van der Waals surface area contributed by atoms with Gasteiger partial charge in [-0.25, -0.2) is 4.99 Å². The Morgan fingerprint density at radius 1 is 1.13 bits per heavy atom. The highest BCUT2D eigenvalue weighted by molar-refractivity contribution is 6.25. The molecule has 1 aliphatic rings. The first-order valence-corrected chi connectivity index (χ1v) is 10.5. The molecule has 1 amide bonds. The number of aliphatic hydroxyl groups excluding tert-OH is 1. The number of para-hydroxylation sites is 1. The Labute approximate surface area is 183 Å². The van der Waals surface area contributed by atoms with Crippen LogP contribution in [0, 0.1) is 11.3 Å². The fourth-order valence-corrected chi connectivity index (χ4v) is 3.92. The predicted molar refractivity (Wildman–Crippen MR) is 123 cm³/mol. The molecule has 1 heterocycles. The SMILES string of the molecule is C[C@@H](C(=O)C1(N)N=C(c2ccccc2)c2ccccc2N(C)C1=O)[C@@H](O)CC(C)(C)C. The van der Waals surface area contributed by atoms with Crippen LogP contribution >= 0.6 is 0 Å². The smallest absolute Gasteiger partial charge is 0.277 e. The van der Waals surface area contributed by atoms with Gasteiger partial charge in [0.1, 0.15) is 0 Å². The third-order valence-electron chi connectivity index (χ3n) is 5.67. The van der Waals surface area contributed by atoms with Crippen molar-refractivity contribution in [3.8, 4) is 0 Å². The summed E-state index contributed by atoms with van der Waals surface area (Å²) in [7, 11) is 1.59. The average Bonchev–Trinajstić information content (AvgIpc) is 2.82. The first-order valence-electron chi connectivity index (χ1n) is 10.5. The number of ketones is 1. The molecule has 164 valence electrons. The van der Waals surface area contributed by atoms with Crippen molar-refractivity contribution in [3.05, 3.63) is 65.7 Å². The molecule has 2 aromatic carbocycles. The summed E-state index contributed by atoms with van der Waals surface area (Å²) < 4.78 is 0. The van der Waals surface area contributed by atoms with E-state index in [-0.39, 0.29) is 5.41 Å². The van der Waals surface area contributed by atoms with Crippen molar-refractivity contribution in [2.24, 2.45) is 22.1 Å². The minimum Gasteiger partial charge on any atom is -0.392 e. The molecule has 1 aliphatic heterocycles. The number of carbonyl (C=O) groups excluding carboxylic acids is 2. The molecule has 0 aromatic heterocycles. The number of fused-ring (bicyclic) bond motifs is 1. The predicted octanol–water partition coefficient (Wildman–Crippen LogP) is 3.16. The Balaban J connectivity index is 2.15. The van der Waals surface area contributed by atoms with E-state index in [0.29, 0.717) is 23.4 Å². The molecule has 31 heavy (non-hydrogen) atoms. The minimum absolute atomic E-state index is 0.186. The number of hydrogen-bond acceptors (Lipinski definition) is 5. The molecule has 6 heteroatoms. The maximum Gasteiger partial charge on any atom is 0.277 e. The zero-order valence-corrected chi connectivity index (χ0v) is 18.8. The molecule has 3 atom stereocenters. The van der Waals surface area contributed by atoms with Gasteiger partial charge in [-0.15, -0.1) is 0 Å². The van der Waals surface area contributed by atoms with Crippen molar-refractivity contribution in [2.75, 3.05) is 11.9 Å². The normalized spacial score (nSPS) is 21.1. The number of rotatable bonds is 5. The second-order valence-electron chi connectivity index (χ2n) is 9.46. The van der Waals surface area contributed by atoms with Gasteiger partial charge < -0.3 is 10.0 Å².